The van der Waals surface area contributed by atoms with Gasteiger partial charge in [0, 0.05) is 12.2 Å². The van der Waals surface area contributed by atoms with Gasteiger partial charge in [0.1, 0.15) is 5.69 Å². The molecular formula is C13H14F2IN3. The second kappa shape index (κ2) is 5.96. The zero-order valence-corrected chi connectivity index (χ0v) is 12.6. The van der Waals surface area contributed by atoms with Crippen molar-refractivity contribution >= 4 is 22.6 Å². The third-order valence-electron chi connectivity index (χ3n) is 2.88. The zero-order chi connectivity index (χ0) is 14.0. The monoisotopic (exact) mass is 377 g/mol. The van der Waals surface area contributed by atoms with Gasteiger partial charge in [-0.25, -0.2) is 13.5 Å². The molecule has 0 saturated heterocycles. The van der Waals surface area contributed by atoms with Crippen LogP contribution in [0.1, 0.15) is 18.9 Å². The molecule has 0 amide bonds. The molecule has 2 rings (SSSR count). The number of aromatic nitrogens is 2. The number of rotatable bonds is 4. The van der Waals surface area contributed by atoms with E-state index in [-0.39, 0.29) is 11.7 Å². The third-order valence-corrected chi connectivity index (χ3v) is 3.44. The number of nitrogens with zero attached hydrogens (tertiary/aromatic N) is 2. The molecule has 0 bridgehead atoms. The lowest BCUT2D eigenvalue weighted by molar-refractivity contribution is 0.552. The van der Waals surface area contributed by atoms with Crippen molar-refractivity contribution in [3.8, 4) is 5.69 Å². The summed E-state index contributed by atoms with van der Waals surface area (Å²) < 4.78 is 30.1. The van der Waals surface area contributed by atoms with E-state index >= 15 is 0 Å². The molecule has 2 aromatic rings. The summed E-state index contributed by atoms with van der Waals surface area (Å²) in [5, 5.41) is 3.92. The third kappa shape index (κ3) is 3.30. The van der Waals surface area contributed by atoms with Crippen molar-refractivity contribution in [1.82, 2.24) is 9.78 Å². The van der Waals surface area contributed by atoms with E-state index in [1.165, 1.54) is 16.8 Å². The summed E-state index contributed by atoms with van der Waals surface area (Å²) in [5.74, 6) is -1.25. The Morgan fingerprint density at radius 1 is 1.37 bits per heavy atom. The molecule has 0 fully saturated rings. The fourth-order valence-corrected chi connectivity index (χ4v) is 2.21. The molecule has 1 atom stereocenters. The Bertz CT molecular complexity index is 560. The molecule has 102 valence electrons. The maximum Gasteiger partial charge on any atom is 0.152 e. The van der Waals surface area contributed by atoms with Crippen LogP contribution in [0, 0.1) is 15.2 Å². The Kier molecular flexibility index (Phi) is 4.51. The quantitative estimate of drug-likeness (QED) is 0.833. The largest absolute Gasteiger partial charge is 0.327 e. The Hall–Kier alpha value is -1.02. The first-order valence-electron chi connectivity index (χ1n) is 5.95. The molecule has 1 aromatic carbocycles. The normalized spacial score (nSPS) is 12.7. The van der Waals surface area contributed by atoms with Gasteiger partial charge in [-0.1, -0.05) is 6.92 Å². The molecule has 1 heterocycles. The standard InChI is InChI=1S/C13H14F2IN3/c1-2-10(17)3-8-4-11(14)13(12(15)5-8)19-7-9(16)6-18-19/h4-7,10H,2-3,17H2,1H3. The average Bonchev–Trinajstić information content (AvgIpc) is 2.74. The summed E-state index contributed by atoms with van der Waals surface area (Å²) in [5.41, 5.74) is 6.20. The molecule has 2 N–H and O–H groups in total. The van der Waals surface area contributed by atoms with Crippen molar-refractivity contribution in [1.29, 1.82) is 0 Å². The Labute approximate surface area is 123 Å². The van der Waals surface area contributed by atoms with E-state index in [0.717, 1.165) is 9.99 Å². The number of hydrogen-bond acceptors (Lipinski definition) is 2. The van der Waals surface area contributed by atoms with Crippen LogP contribution in [-0.4, -0.2) is 15.8 Å². The number of halogens is 3. The summed E-state index contributed by atoms with van der Waals surface area (Å²) in [4.78, 5) is 0. The predicted octanol–water partition coefficient (Wildman–Crippen LogP) is 3.03. The van der Waals surface area contributed by atoms with Gasteiger partial charge in [0.15, 0.2) is 11.6 Å². The highest BCUT2D eigenvalue weighted by Crippen LogP contribution is 2.21. The van der Waals surface area contributed by atoms with Crippen molar-refractivity contribution in [3.05, 3.63) is 45.3 Å². The van der Waals surface area contributed by atoms with Gasteiger partial charge in [0.25, 0.3) is 0 Å². The molecule has 0 radical (unpaired) electrons. The lowest BCUT2D eigenvalue weighted by Crippen LogP contribution is -2.21. The molecule has 0 aliphatic carbocycles. The maximum absolute atomic E-state index is 14.0. The second-order valence-corrected chi connectivity index (χ2v) is 5.63. The summed E-state index contributed by atoms with van der Waals surface area (Å²) in [6.07, 6.45) is 4.34. The molecule has 0 spiro atoms. The van der Waals surface area contributed by atoms with Crippen LogP contribution >= 0.6 is 22.6 Å². The van der Waals surface area contributed by atoms with E-state index in [1.54, 1.807) is 12.4 Å². The molecule has 3 nitrogen and oxygen atoms in total. The van der Waals surface area contributed by atoms with Crippen molar-refractivity contribution < 1.29 is 8.78 Å². The van der Waals surface area contributed by atoms with Gasteiger partial charge in [0.05, 0.1) is 9.77 Å². The molecule has 6 heteroatoms. The van der Waals surface area contributed by atoms with E-state index in [2.05, 4.69) is 5.10 Å². The fourth-order valence-electron chi connectivity index (χ4n) is 1.82. The summed E-state index contributed by atoms with van der Waals surface area (Å²) in [6, 6.07) is 2.56. The van der Waals surface area contributed by atoms with E-state index in [9.17, 15) is 8.78 Å². The van der Waals surface area contributed by atoms with Crippen LogP contribution in [0.2, 0.25) is 0 Å². The van der Waals surface area contributed by atoms with Crippen molar-refractivity contribution in [2.75, 3.05) is 0 Å². The highest BCUT2D eigenvalue weighted by Gasteiger charge is 2.15. The minimum Gasteiger partial charge on any atom is -0.327 e. The molecule has 1 unspecified atom stereocenters. The van der Waals surface area contributed by atoms with Crippen molar-refractivity contribution in [2.24, 2.45) is 5.73 Å². The van der Waals surface area contributed by atoms with Crippen molar-refractivity contribution in [2.45, 2.75) is 25.8 Å². The van der Waals surface area contributed by atoms with Crippen LogP contribution in [0.5, 0.6) is 0 Å². The van der Waals surface area contributed by atoms with Gasteiger partial charge in [-0.05, 0) is 53.1 Å². The molecule has 0 aliphatic rings. The number of hydrogen-bond donors (Lipinski definition) is 1. The maximum atomic E-state index is 14.0. The zero-order valence-electron chi connectivity index (χ0n) is 10.4. The van der Waals surface area contributed by atoms with Gasteiger partial charge < -0.3 is 5.73 Å². The van der Waals surface area contributed by atoms with Gasteiger partial charge in [-0.2, -0.15) is 5.10 Å². The van der Waals surface area contributed by atoms with E-state index in [1.807, 2.05) is 29.5 Å². The first kappa shape index (κ1) is 14.4. The van der Waals surface area contributed by atoms with Gasteiger partial charge in [-0.15, -0.1) is 0 Å². The van der Waals surface area contributed by atoms with Crippen LogP contribution < -0.4 is 5.73 Å². The van der Waals surface area contributed by atoms with E-state index in [0.29, 0.717) is 12.0 Å². The average molecular weight is 377 g/mol. The van der Waals surface area contributed by atoms with Crippen LogP contribution in [-0.2, 0) is 6.42 Å². The van der Waals surface area contributed by atoms with Crippen LogP contribution in [0.3, 0.4) is 0 Å². The van der Waals surface area contributed by atoms with Crippen molar-refractivity contribution in [3.63, 3.8) is 0 Å². The number of nitrogens with two attached hydrogens (primary N) is 1. The highest BCUT2D eigenvalue weighted by molar-refractivity contribution is 14.1. The molecule has 19 heavy (non-hydrogen) atoms. The molecule has 0 aliphatic heterocycles. The fraction of sp³-hybridized carbons (Fsp3) is 0.308. The lowest BCUT2D eigenvalue weighted by Gasteiger charge is -2.11. The second-order valence-electron chi connectivity index (χ2n) is 4.38. The smallest absolute Gasteiger partial charge is 0.152 e. The highest BCUT2D eigenvalue weighted by atomic mass is 127. The topological polar surface area (TPSA) is 43.8 Å². The van der Waals surface area contributed by atoms with E-state index in [4.69, 9.17) is 5.73 Å². The lowest BCUT2D eigenvalue weighted by atomic mass is 10.0. The molecule has 0 saturated carbocycles. The Morgan fingerprint density at radius 2 is 2.00 bits per heavy atom. The van der Waals surface area contributed by atoms with Crippen LogP contribution in [0.15, 0.2) is 24.5 Å². The molecule has 1 aromatic heterocycles. The summed E-state index contributed by atoms with van der Waals surface area (Å²) >= 11 is 2.03. The van der Waals surface area contributed by atoms with Crippen LogP contribution in [0.4, 0.5) is 8.78 Å². The summed E-state index contributed by atoms with van der Waals surface area (Å²) in [7, 11) is 0. The first-order chi connectivity index (χ1) is 9.01. The summed E-state index contributed by atoms with van der Waals surface area (Å²) in [6.45, 7) is 1.94. The molecular weight excluding hydrogens is 363 g/mol. The minimum atomic E-state index is -0.627. The van der Waals surface area contributed by atoms with Crippen LogP contribution in [0.25, 0.3) is 5.69 Å². The Balaban J connectivity index is 2.37. The van der Waals surface area contributed by atoms with Gasteiger partial charge >= 0.3 is 0 Å². The van der Waals surface area contributed by atoms with E-state index < -0.39 is 11.6 Å². The van der Waals surface area contributed by atoms with Gasteiger partial charge in [0.2, 0.25) is 0 Å². The first-order valence-corrected chi connectivity index (χ1v) is 7.03. The predicted molar refractivity (Wildman–Crippen MR) is 78.2 cm³/mol. The Morgan fingerprint density at radius 3 is 2.47 bits per heavy atom. The minimum absolute atomic E-state index is 0.0877. The number of benzene rings is 1. The SMILES string of the molecule is CCC(N)Cc1cc(F)c(-n2cc(I)cn2)c(F)c1. The van der Waals surface area contributed by atoms with Gasteiger partial charge in [-0.3, -0.25) is 0 Å².